The molecule has 2 fully saturated rings. The van der Waals surface area contributed by atoms with Gasteiger partial charge < -0.3 is 0 Å². The molecule has 0 radical (unpaired) electrons. The lowest BCUT2D eigenvalue weighted by atomic mass is 9.91. The molecule has 0 aromatic rings. The van der Waals surface area contributed by atoms with E-state index in [2.05, 4.69) is 6.92 Å². The van der Waals surface area contributed by atoms with E-state index >= 15 is 0 Å². The minimum absolute atomic E-state index is 1.08. The Kier molecular flexibility index (Phi) is 2.76. The molecule has 0 amide bonds. The molecule has 2 aliphatic rings. The summed E-state index contributed by atoms with van der Waals surface area (Å²) >= 11 is 0. The van der Waals surface area contributed by atoms with Gasteiger partial charge in [0.2, 0.25) is 0 Å². The zero-order chi connectivity index (χ0) is 7.56. The van der Waals surface area contributed by atoms with Crippen molar-refractivity contribution in [3.63, 3.8) is 0 Å². The fourth-order valence-corrected chi connectivity index (χ4v) is 2.56. The first-order valence-electron chi connectivity index (χ1n) is 4.86. The van der Waals surface area contributed by atoms with Gasteiger partial charge in [0, 0.05) is 0 Å². The maximum absolute atomic E-state index is 2.42. The standard InChI is InChI=1S/C8H14.C2H6/c1-6-4-7-2-3-8(6)5-7;1-2/h6-8H,2-5H2,1H3;1-2H3/t6-,7?,8-;/m1./s1. The number of hydrogen-bond donors (Lipinski definition) is 0. The van der Waals surface area contributed by atoms with Crippen LogP contribution >= 0.6 is 0 Å². The molecular weight excluding hydrogens is 120 g/mol. The van der Waals surface area contributed by atoms with Crippen molar-refractivity contribution < 1.29 is 0 Å². The second-order valence-electron chi connectivity index (χ2n) is 3.65. The van der Waals surface area contributed by atoms with Crippen molar-refractivity contribution in [2.45, 2.75) is 46.5 Å². The van der Waals surface area contributed by atoms with E-state index in [0.29, 0.717) is 0 Å². The van der Waals surface area contributed by atoms with Crippen molar-refractivity contribution >= 4 is 0 Å². The quantitative estimate of drug-likeness (QED) is 0.483. The minimum Gasteiger partial charge on any atom is -0.0683 e. The molecule has 2 saturated carbocycles. The van der Waals surface area contributed by atoms with E-state index in [1.807, 2.05) is 13.8 Å². The molecule has 2 aliphatic carbocycles. The van der Waals surface area contributed by atoms with E-state index in [-0.39, 0.29) is 0 Å². The summed E-state index contributed by atoms with van der Waals surface area (Å²) in [5, 5.41) is 0. The van der Waals surface area contributed by atoms with Gasteiger partial charge in [-0.05, 0) is 37.0 Å². The van der Waals surface area contributed by atoms with Crippen molar-refractivity contribution in [3.8, 4) is 0 Å². The van der Waals surface area contributed by atoms with Crippen molar-refractivity contribution in [1.82, 2.24) is 0 Å². The van der Waals surface area contributed by atoms with Crippen molar-refractivity contribution in [3.05, 3.63) is 0 Å². The van der Waals surface area contributed by atoms with Crippen LogP contribution < -0.4 is 0 Å². The molecule has 2 bridgehead atoms. The molecule has 0 saturated heterocycles. The van der Waals surface area contributed by atoms with E-state index < -0.39 is 0 Å². The normalized spacial score (nSPS) is 42.9. The Morgan fingerprint density at radius 1 is 1.00 bits per heavy atom. The van der Waals surface area contributed by atoms with Gasteiger partial charge in [-0.2, -0.15) is 0 Å². The van der Waals surface area contributed by atoms with Gasteiger partial charge >= 0.3 is 0 Å². The molecule has 3 atom stereocenters. The van der Waals surface area contributed by atoms with Crippen LogP contribution in [0.4, 0.5) is 0 Å². The van der Waals surface area contributed by atoms with Crippen LogP contribution in [0.5, 0.6) is 0 Å². The lowest BCUT2D eigenvalue weighted by Gasteiger charge is -2.15. The summed E-state index contributed by atoms with van der Waals surface area (Å²) in [7, 11) is 0. The monoisotopic (exact) mass is 140 g/mol. The fraction of sp³-hybridized carbons (Fsp3) is 1.00. The first kappa shape index (κ1) is 8.10. The van der Waals surface area contributed by atoms with Gasteiger partial charge in [-0.25, -0.2) is 0 Å². The largest absolute Gasteiger partial charge is 0.0683 e. The summed E-state index contributed by atoms with van der Waals surface area (Å²) in [6.45, 7) is 6.42. The van der Waals surface area contributed by atoms with Gasteiger partial charge in [0.05, 0.1) is 0 Å². The van der Waals surface area contributed by atoms with Crippen LogP contribution in [0.2, 0.25) is 0 Å². The number of rotatable bonds is 0. The van der Waals surface area contributed by atoms with Gasteiger partial charge in [0.1, 0.15) is 0 Å². The van der Waals surface area contributed by atoms with E-state index in [1.165, 1.54) is 0 Å². The second-order valence-corrected chi connectivity index (χ2v) is 3.65. The summed E-state index contributed by atoms with van der Waals surface area (Å²) < 4.78 is 0. The van der Waals surface area contributed by atoms with Crippen LogP contribution in [-0.4, -0.2) is 0 Å². The van der Waals surface area contributed by atoms with Crippen LogP contribution in [0.25, 0.3) is 0 Å². The number of fused-ring (bicyclic) bond motifs is 2. The fourth-order valence-electron chi connectivity index (χ4n) is 2.56. The van der Waals surface area contributed by atoms with Crippen LogP contribution in [0.15, 0.2) is 0 Å². The molecule has 0 nitrogen and oxygen atoms in total. The van der Waals surface area contributed by atoms with Crippen molar-refractivity contribution in [2.75, 3.05) is 0 Å². The molecule has 0 aromatic heterocycles. The highest BCUT2D eigenvalue weighted by Crippen LogP contribution is 2.47. The van der Waals surface area contributed by atoms with E-state index in [1.54, 1.807) is 25.7 Å². The van der Waals surface area contributed by atoms with Crippen molar-refractivity contribution in [1.29, 1.82) is 0 Å². The van der Waals surface area contributed by atoms with E-state index in [4.69, 9.17) is 0 Å². The highest BCUT2D eigenvalue weighted by Gasteiger charge is 2.36. The maximum atomic E-state index is 2.42. The van der Waals surface area contributed by atoms with Gasteiger partial charge in [-0.3, -0.25) is 0 Å². The minimum atomic E-state index is 1.08. The predicted molar refractivity (Wildman–Crippen MR) is 46.0 cm³/mol. The zero-order valence-electron chi connectivity index (χ0n) is 7.56. The first-order valence-corrected chi connectivity index (χ1v) is 4.86. The average Bonchev–Trinajstić information content (AvgIpc) is 2.52. The molecule has 1 unspecified atom stereocenters. The SMILES string of the molecule is CC.C[C@@H]1CC2CC[C@@H]1C2. The summed E-state index contributed by atoms with van der Waals surface area (Å²) in [5.41, 5.74) is 0. The summed E-state index contributed by atoms with van der Waals surface area (Å²) in [5.74, 6) is 3.36. The molecule has 0 heteroatoms. The summed E-state index contributed by atoms with van der Waals surface area (Å²) in [4.78, 5) is 0. The van der Waals surface area contributed by atoms with Crippen LogP contribution in [0, 0.1) is 17.8 Å². The van der Waals surface area contributed by atoms with Crippen LogP contribution in [-0.2, 0) is 0 Å². The van der Waals surface area contributed by atoms with Crippen LogP contribution in [0.1, 0.15) is 46.5 Å². The van der Waals surface area contributed by atoms with Gasteiger partial charge in [0.15, 0.2) is 0 Å². The van der Waals surface area contributed by atoms with Gasteiger partial charge in [-0.1, -0.05) is 27.2 Å². The van der Waals surface area contributed by atoms with Crippen LogP contribution in [0.3, 0.4) is 0 Å². The van der Waals surface area contributed by atoms with Gasteiger partial charge in [-0.15, -0.1) is 0 Å². The highest BCUT2D eigenvalue weighted by atomic mass is 14.4. The Morgan fingerprint density at radius 3 is 1.90 bits per heavy atom. The third-order valence-electron chi connectivity index (χ3n) is 3.09. The van der Waals surface area contributed by atoms with E-state index in [0.717, 1.165) is 17.8 Å². The number of hydrogen-bond acceptors (Lipinski definition) is 0. The molecule has 0 aliphatic heterocycles. The molecular formula is C10H20. The molecule has 0 N–H and O–H groups in total. The molecule has 10 heavy (non-hydrogen) atoms. The van der Waals surface area contributed by atoms with E-state index in [9.17, 15) is 0 Å². The molecule has 0 heterocycles. The Labute approximate surface area is 65.0 Å². The molecule has 0 aromatic carbocycles. The van der Waals surface area contributed by atoms with Crippen molar-refractivity contribution in [2.24, 2.45) is 17.8 Å². The lowest BCUT2D eigenvalue weighted by molar-refractivity contribution is 0.360. The topological polar surface area (TPSA) is 0 Å². The smallest absolute Gasteiger partial charge is 0.0386 e. The Balaban J connectivity index is 0.000000231. The average molecular weight is 140 g/mol. The zero-order valence-corrected chi connectivity index (χ0v) is 7.56. The molecule has 2 rings (SSSR count). The predicted octanol–water partition coefficient (Wildman–Crippen LogP) is 3.47. The third kappa shape index (κ3) is 1.36. The summed E-state index contributed by atoms with van der Waals surface area (Å²) in [6.07, 6.45) is 6.21. The third-order valence-corrected chi connectivity index (χ3v) is 3.09. The molecule has 0 spiro atoms. The summed E-state index contributed by atoms with van der Waals surface area (Å²) in [6, 6.07) is 0. The highest BCUT2D eigenvalue weighted by molar-refractivity contribution is 4.87. The van der Waals surface area contributed by atoms with Gasteiger partial charge in [0.25, 0.3) is 0 Å². The lowest BCUT2D eigenvalue weighted by Crippen LogP contribution is -2.04. The Hall–Kier alpha value is 0. The Morgan fingerprint density at radius 2 is 1.70 bits per heavy atom. The molecule has 60 valence electrons. The first-order chi connectivity index (χ1) is 4.86. The second kappa shape index (κ2) is 3.41. The Bertz CT molecular complexity index is 94.2. The maximum Gasteiger partial charge on any atom is -0.0386 e.